The highest BCUT2D eigenvalue weighted by Crippen LogP contribution is 2.21. The normalized spacial score (nSPS) is 24.6. The van der Waals surface area contributed by atoms with Gasteiger partial charge in [0.1, 0.15) is 5.82 Å². The van der Waals surface area contributed by atoms with Crippen LogP contribution in [-0.4, -0.2) is 31.2 Å². The van der Waals surface area contributed by atoms with E-state index in [9.17, 15) is 4.39 Å². The highest BCUT2D eigenvalue weighted by molar-refractivity contribution is 5.24. The van der Waals surface area contributed by atoms with Crippen LogP contribution in [0.15, 0.2) is 18.2 Å². The van der Waals surface area contributed by atoms with Gasteiger partial charge < -0.3 is 10.5 Å². The van der Waals surface area contributed by atoms with Crippen LogP contribution in [0.25, 0.3) is 0 Å². The molecule has 4 heteroatoms. The molecule has 0 amide bonds. The van der Waals surface area contributed by atoms with Crippen molar-refractivity contribution in [3.8, 4) is 0 Å². The lowest BCUT2D eigenvalue weighted by molar-refractivity contribution is -0.00747. The number of rotatable bonds is 4. The summed E-state index contributed by atoms with van der Waals surface area (Å²) in [6.45, 7) is 5.31. The highest BCUT2D eigenvalue weighted by Gasteiger charge is 2.25. The molecule has 1 heterocycles. The van der Waals surface area contributed by atoms with E-state index in [2.05, 4.69) is 11.8 Å². The van der Waals surface area contributed by atoms with Crippen LogP contribution in [0.1, 0.15) is 24.5 Å². The van der Waals surface area contributed by atoms with E-state index in [0.717, 1.165) is 37.2 Å². The van der Waals surface area contributed by atoms with Gasteiger partial charge in [-0.3, -0.25) is 4.90 Å². The van der Waals surface area contributed by atoms with Gasteiger partial charge in [0.2, 0.25) is 0 Å². The van der Waals surface area contributed by atoms with Gasteiger partial charge in [-0.25, -0.2) is 4.39 Å². The molecule has 0 saturated carbocycles. The average Bonchev–Trinajstić information content (AvgIpc) is 2.40. The van der Waals surface area contributed by atoms with E-state index in [0.29, 0.717) is 12.5 Å². The van der Waals surface area contributed by atoms with E-state index in [1.165, 1.54) is 6.07 Å². The molecule has 19 heavy (non-hydrogen) atoms. The minimum absolute atomic E-state index is 0.202. The summed E-state index contributed by atoms with van der Waals surface area (Å²) in [5.74, 6) is 0.389. The summed E-state index contributed by atoms with van der Waals surface area (Å²) in [7, 11) is 1.76. The molecule has 1 aliphatic rings. The van der Waals surface area contributed by atoms with Gasteiger partial charge in [-0.1, -0.05) is 13.0 Å². The Kier molecular flexibility index (Phi) is 4.91. The number of halogens is 1. The number of ether oxygens (including phenoxy) is 1. The Labute approximate surface area is 114 Å². The molecule has 2 N–H and O–H groups in total. The number of methoxy groups -OCH3 is 1. The van der Waals surface area contributed by atoms with Crippen LogP contribution >= 0.6 is 0 Å². The highest BCUT2D eigenvalue weighted by atomic mass is 19.1. The van der Waals surface area contributed by atoms with Crippen molar-refractivity contribution < 1.29 is 9.13 Å². The van der Waals surface area contributed by atoms with Crippen LogP contribution in [0.2, 0.25) is 0 Å². The first kappa shape index (κ1) is 14.4. The number of nitrogens with zero attached hydrogens (tertiary/aromatic N) is 1. The molecule has 1 fully saturated rings. The summed E-state index contributed by atoms with van der Waals surface area (Å²) in [5, 5.41) is 0. The minimum Gasteiger partial charge on any atom is -0.380 e. The maximum atomic E-state index is 13.5. The van der Waals surface area contributed by atoms with E-state index in [1.807, 2.05) is 6.07 Å². The van der Waals surface area contributed by atoms with Crippen molar-refractivity contribution in [3.63, 3.8) is 0 Å². The predicted molar refractivity (Wildman–Crippen MR) is 74.1 cm³/mol. The zero-order valence-electron chi connectivity index (χ0n) is 11.7. The van der Waals surface area contributed by atoms with Gasteiger partial charge in [0.25, 0.3) is 0 Å². The lowest BCUT2D eigenvalue weighted by Gasteiger charge is -2.36. The third-order valence-electron chi connectivity index (χ3n) is 3.94. The molecule has 1 aliphatic heterocycles. The first-order valence-corrected chi connectivity index (χ1v) is 6.86. The van der Waals surface area contributed by atoms with Crippen molar-refractivity contribution in [3.05, 3.63) is 35.1 Å². The maximum Gasteiger partial charge on any atom is 0.123 e. The Morgan fingerprint density at radius 1 is 1.37 bits per heavy atom. The van der Waals surface area contributed by atoms with Gasteiger partial charge >= 0.3 is 0 Å². The molecule has 2 unspecified atom stereocenters. The average molecular weight is 266 g/mol. The SMILES string of the molecule is COC1CN(Cc2cc(F)cc(CN)c2)CCC1C. The summed E-state index contributed by atoms with van der Waals surface area (Å²) >= 11 is 0. The van der Waals surface area contributed by atoms with Gasteiger partial charge in [0, 0.05) is 26.7 Å². The molecule has 1 aromatic carbocycles. The van der Waals surface area contributed by atoms with Gasteiger partial charge in [-0.15, -0.1) is 0 Å². The summed E-state index contributed by atoms with van der Waals surface area (Å²) in [5.41, 5.74) is 7.42. The van der Waals surface area contributed by atoms with Gasteiger partial charge in [0.05, 0.1) is 6.10 Å². The second-order valence-electron chi connectivity index (χ2n) is 5.45. The van der Waals surface area contributed by atoms with Crippen LogP contribution in [0, 0.1) is 11.7 Å². The lowest BCUT2D eigenvalue weighted by Crippen LogP contribution is -2.43. The fourth-order valence-corrected chi connectivity index (χ4v) is 2.73. The Hall–Kier alpha value is -0.970. The quantitative estimate of drug-likeness (QED) is 0.907. The van der Waals surface area contributed by atoms with E-state index >= 15 is 0 Å². The molecule has 2 rings (SSSR count). The summed E-state index contributed by atoms with van der Waals surface area (Å²) in [6, 6.07) is 5.08. The summed E-state index contributed by atoms with van der Waals surface area (Å²) < 4.78 is 19.0. The molecule has 1 aromatic rings. The molecule has 0 spiro atoms. The molecule has 0 aromatic heterocycles. The molecule has 2 atom stereocenters. The minimum atomic E-state index is -0.202. The van der Waals surface area contributed by atoms with Crippen molar-refractivity contribution in [1.29, 1.82) is 0 Å². The van der Waals surface area contributed by atoms with Crippen molar-refractivity contribution in [2.75, 3.05) is 20.2 Å². The van der Waals surface area contributed by atoms with Gasteiger partial charge in [-0.05, 0) is 42.1 Å². The predicted octanol–water partition coefficient (Wildman–Crippen LogP) is 2.14. The molecule has 0 aliphatic carbocycles. The van der Waals surface area contributed by atoms with Crippen molar-refractivity contribution in [2.45, 2.75) is 32.5 Å². The Morgan fingerprint density at radius 3 is 2.79 bits per heavy atom. The Morgan fingerprint density at radius 2 is 2.11 bits per heavy atom. The molecule has 3 nitrogen and oxygen atoms in total. The summed E-state index contributed by atoms with van der Waals surface area (Å²) in [6.07, 6.45) is 1.40. The zero-order chi connectivity index (χ0) is 13.8. The Bertz CT molecular complexity index is 425. The standard InChI is InChI=1S/C15H23FN2O/c1-11-3-4-18(10-15(11)19-2)9-13-5-12(8-17)6-14(16)7-13/h5-7,11,15H,3-4,8-10,17H2,1-2H3. The lowest BCUT2D eigenvalue weighted by atomic mass is 9.95. The topological polar surface area (TPSA) is 38.5 Å². The van der Waals surface area contributed by atoms with Crippen molar-refractivity contribution in [2.24, 2.45) is 11.7 Å². The molecule has 0 radical (unpaired) electrons. The van der Waals surface area contributed by atoms with E-state index in [1.54, 1.807) is 13.2 Å². The van der Waals surface area contributed by atoms with Crippen LogP contribution < -0.4 is 5.73 Å². The zero-order valence-corrected chi connectivity index (χ0v) is 11.7. The second-order valence-corrected chi connectivity index (χ2v) is 5.45. The fourth-order valence-electron chi connectivity index (χ4n) is 2.73. The van der Waals surface area contributed by atoms with Crippen LogP contribution in [0.5, 0.6) is 0 Å². The first-order valence-electron chi connectivity index (χ1n) is 6.86. The fraction of sp³-hybridized carbons (Fsp3) is 0.600. The largest absolute Gasteiger partial charge is 0.380 e. The van der Waals surface area contributed by atoms with Gasteiger partial charge in [0.15, 0.2) is 0 Å². The number of hydrogen-bond acceptors (Lipinski definition) is 3. The molecular weight excluding hydrogens is 243 g/mol. The van der Waals surface area contributed by atoms with Crippen LogP contribution in [0.3, 0.4) is 0 Å². The third kappa shape index (κ3) is 3.75. The molecule has 106 valence electrons. The van der Waals surface area contributed by atoms with Gasteiger partial charge in [-0.2, -0.15) is 0 Å². The maximum absolute atomic E-state index is 13.5. The molecular formula is C15H23FN2O. The smallest absolute Gasteiger partial charge is 0.123 e. The van der Waals surface area contributed by atoms with Crippen molar-refractivity contribution in [1.82, 2.24) is 4.90 Å². The van der Waals surface area contributed by atoms with E-state index in [4.69, 9.17) is 10.5 Å². The monoisotopic (exact) mass is 266 g/mol. The number of likely N-dealkylation sites (tertiary alicyclic amines) is 1. The van der Waals surface area contributed by atoms with Crippen LogP contribution in [0.4, 0.5) is 4.39 Å². The van der Waals surface area contributed by atoms with Crippen molar-refractivity contribution >= 4 is 0 Å². The number of piperidine rings is 1. The number of benzene rings is 1. The van der Waals surface area contributed by atoms with Crippen LogP contribution in [-0.2, 0) is 17.8 Å². The second kappa shape index (κ2) is 6.46. The molecule has 0 bridgehead atoms. The number of hydrogen-bond donors (Lipinski definition) is 1. The molecule has 1 saturated heterocycles. The Balaban J connectivity index is 2.03. The van der Waals surface area contributed by atoms with E-state index in [-0.39, 0.29) is 11.9 Å². The first-order chi connectivity index (χ1) is 9.12. The summed E-state index contributed by atoms with van der Waals surface area (Å²) in [4.78, 5) is 2.32. The third-order valence-corrected chi connectivity index (χ3v) is 3.94. The number of nitrogens with two attached hydrogens (primary N) is 1. The van der Waals surface area contributed by atoms with E-state index < -0.39 is 0 Å².